The molecule has 3 rings (SSSR count). The van der Waals surface area contributed by atoms with Crippen molar-refractivity contribution in [3.63, 3.8) is 0 Å². The van der Waals surface area contributed by atoms with Crippen LogP contribution in [-0.2, 0) is 6.61 Å². The first-order valence-corrected chi connectivity index (χ1v) is 7.47. The molecule has 0 fully saturated rings. The monoisotopic (exact) mass is 305 g/mol. The zero-order valence-corrected chi connectivity index (χ0v) is 13.0. The molecule has 0 spiro atoms. The quantitative estimate of drug-likeness (QED) is 0.738. The number of hydrogen-bond acceptors (Lipinski definition) is 4. The molecule has 3 aromatic rings. The van der Waals surface area contributed by atoms with E-state index in [1.807, 2.05) is 73.7 Å². The van der Waals surface area contributed by atoms with Gasteiger partial charge in [-0.15, -0.1) is 0 Å². The second kappa shape index (κ2) is 6.83. The molecule has 1 aromatic heterocycles. The van der Waals surface area contributed by atoms with Crippen molar-refractivity contribution < 1.29 is 4.74 Å². The number of benzene rings is 2. The zero-order valence-electron chi connectivity index (χ0n) is 13.0. The van der Waals surface area contributed by atoms with Crippen LogP contribution in [0.4, 0.5) is 17.2 Å². The molecule has 4 nitrogen and oxygen atoms in total. The van der Waals surface area contributed by atoms with Crippen molar-refractivity contribution in [2.24, 2.45) is 0 Å². The minimum Gasteiger partial charge on any atom is -0.489 e. The van der Waals surface area contributed by atoms with Crippen molar-refractivity contribution >= 4 is 17.2 Å². The maximum absolute atomic E-state index is 5.78. The lowest BCUT2D eigenvalue weighted by Gasteiger charge is -2.09. The summed E-state index contributed by atoms with van der Waals surface area (Å²) in [7, 11) is 0. The molecule has 1 heterocycles. The molecule has 4 heteroatoms. The van der Waals surface area contributed by atoms with Crippen LogP contribution >= 0.6 is 0 Å². The molecule has 0 aliphatic carbocycles. The Morgan fingerprint density at radius 1 is 0.957 bits per heavy atom. The normalized spacial score (nSPS) is 10.3. The lowest BCUT2D eigenvalue weighted by Crippen LogP contribution is -1.98. The Bertz CT molecular complexity index is 770. The van der Waals surface area contributed by atoms with Gasteiger partial charge in [0, 0.05) is 5.69 Å². The van der Waals surface area contributed by atoms with Crippen LogP contribution in [0.15, 0.2) is 66.7 Å². The Morgan fingerprint density at radius 2 is 1.70 bits per heavy atom. The second-order valence-corrected chi connectivity index (χ2v) is 5.29. The fourth-order valence-corrected chi connectivity index (χ4v) is 2.16. The number of aromatic nitrogens is 1. The molecule has 0 saturated carbocycles. The molecule has 0 saturated heterocycles. The van der Waals surface area contributed by atoms with E-state index >= 15 is 0 Å². The summed E-state index contributed by atoms with van der Waals surface area (Å²) in [6.45, 7) is 2.45. The topological polar surface area (TPSA) is 60.2 Å². The fourth-order valence-electron chi connectivity index (χ4n) is 2.16. The fraction of sp³-hybridized carbons (Fsp3) is 0.105. The number of nitrogen functional groups attached to an aromatic ring is 1. The van der Waals surface area contributed by atoms with E-state index in [4.69, 9.17) is 10.5 Å². The van der Waals surface area contributed by atoms with E-state index in [2.05, 4.69) is 10.3 Å². The highest BCUT2D eigenvalue weighted by molar-refractivity contribution is 5.59. The molecule has 0 atom stereocenters. The van der Waals surface area contributed by atoms with Crippen molar-refractivity contribution in [1.82, 2.24) is 4.98 Å². The largest absolute Gasteiger partial charge is 0.489 e. The number of nitrogens with two attached hydrogens (primary N) is 1. The molecule has 3 N–H and O–H groups in total. The van der Waals surface area contributed by atoms with E-state index in [0.717, 1.165) is 28.5 Å². The van der Waals surface area contributed by atoms with Crippen LogP contribution in [0.1, 0.15) is 11.3 Å². The van der Waals surface area contributed by atoms with Gasteiger partial charge >= 0.3 is 0 Å². The Labute approximate surface area is 135 Å². The van der Waals surface area contributed by atoms with E-state index < -0.39 is 0 Å². The molecular weight excluding hydrogens is 286 g/mol. The molecule has 23 heavy (non-hydrogen) atoms. The van der Waals surface area contributed by atoms with Crippen LogP contribution in [0, 0.1) is 6.92 Å². The predicted molar refractivity (Wildman–Crippen MR) is 93.9 cm³/mol. The zero-order chi connectivity index (χ0) is 16.1. The van der Waals surface area contributed by atoms with Gasteiger partial charge in [-0.05, 0) is 48.9 Å². The van der Waals surface area contributed by atoms with Crippen LogP contribution in [-0.4, -0.2) is 4.98 Å². The minimum atomic E-state index is 0.562. The maximum Gasteiger partial charge on any atom is 0.130 e. The van der Waals surface area contributed by atoms with Gasteiger partial charge in [0.1, 0.15) is 18.2 Å². The Kier molecular flexibility index (Phi) is 4.43. The number of pyridine rings is 1. The average Bonchev–Trinajstić information content (AvgIpc) is 2.58. The van der Waals surface area contributed by atoms with Gasteiger partial charge in [-0.3, -0.25) is 0 Å². The summed E-state index contributed by atoms with van der Waals surface area (Å²) < 4.78 is 5.77. The lowest BCUT2D eigenvalue weighted by atomic mass is 10.2. The van der Waals surface area contributed by atoms with Gasteiger partial charge in [0.2, 0.25) is 0 Å². The average molecular weight is 305 g/mol. The van der Waals surface area contributed by atoms with Gasteiger partial charge in [-0.2, -0.15) is 0 Å². The van der Waals surface area contributed by atoms with Crippen molar-refractivity contribution in [3.05, 3.63) is 78.0 Å². The van der Waals surface area contributed by atoms with Crippen LogP contribution in [0.5, 0.6) is 5.75 Å². The van der Waals surface area contributed by atoms with Crippen LogP contribution in [0.2, 0.25) is 0 Å². The Balaban J connectivity index is 1.61. The van der Waals surface area contributed by atoms with Crippen molar-refractivity contribution in [1.29, 1.82) is 0 Å². The van der Waals surface area contributed by atoms with Gasteiger partial charge in [-0.1, -0.05) is 30.3 Å². The molecular formula is C19H19N3O. The number of nitrogens with one attached hydrogen (secondary N) is 1. The molecule has 0 radical (unpaired) electrons. The van der Waals surface area contributed by atoms with Gasteiger partial charge in [0.15, 0.2) is 0 Å². The van der Waals surface area contributed by atoms with Gasteiger partial charge in [0.05, 0.1) is 11.4 Å². The van der Waals surface area contributed by atoms with Gasteiger partial charge in [0.25, 0.3) is 0 Å². The summed E-state index contributed by atoms with van der Waals surface area (Å²) in [6, 6.07) is 21.6. The first-order valence-electron chi connectivity index (χ1n) is 7.47. The van der Waals surface area contributed by atoms with E-state index in [9.17, 15) is 0 Å². The van der Waals surface area contributed by atoms with Crippen molar-refractivity contribution in [3.8, 4) is 5.75 Å². The molecule has 2 aromatic carbocycles. The third-order valence-corrected chi connectivity index (χ3v) is 3.50. The van der Waals surface area contributed by atoms with Gasteiger partial charge in [-0.25, -0.2) is 4.98 Å². The number of nitrogens with zero attached hydrogens (tertiary/aromatic N) is 1. The first kappa shape index (κ1) is 14.9. The van der Waals surface area contributed by atoms with E-state index in [-0.39, 0.29) is 0 Å². The number of ether oxygens (including phenoxy) is 1. The summed E-state index contributed by atoms with van der Waals surface area (Å²) >= 11 is 0. The van der Waals surface area contributed by atoms with Crippen molar-refractivity contribution in [2.75, 3.05) is 11.1 Å². The highest BCUT2D eigenvalue weighted by Crippen LogP contribution is 2.21. The molecule has 116 valence electrons. The lowest BCUT2D eigenvalue weighted by molar-refractivity contribution is 0.306. The summed E-state index contributed by atoms with van der Waals surface area (Å²) in [5, 5.41) is 3.25. The van der Waals surface area contributed by atoms with Crippen LogP contribution in [0.3, 0.4) is 0 Å². The second-order valence-electron chi connectivity index (χ2n) is 5.29. The van der Waals surface area contributed by atoms with Crippen molar-refractivity contribution in [2.45, 2.75) is 13.5 Å². The summed E-state index contributed by atoms with van der Waals surface area (Å²) in [5.41, 5.74) is 9.39. The van der Waals surface area contributed by atoms with E-state index in [1.165, 1.54) is 0 Å². The summed E-state index contributed by atoms with van der Waals surface area (Å²) in [4.78, 5) is 4.40. The van der Waals surface area contributed by atoms with E-state index in [1.54, 1.807) is 0 Å². The molecule has 0 bridgehead atoms. The third-order valence-electron chi connectivity index (χ3n) is 3.50. The smallest absolute Gasteiger partial charge is 0.130 e. The first-order chi connectivity index (χ1) is 11.2. The Morgan fingerprint density at radius 3 is 2.39 bits per heavy atom. The van der Waals surface area contributed by atoms with Crippen LogP contribution in [0.25, 0.3) is 0 Å². The van der Waals surface area contributed by atoms with Crippen LogP contribution < -0.4 is 15.8 Å². The Hall–Kier alpha value is -3.01. The highest BCUT2D eigenvalue weighted by Gasteiger charge is 2.01. The SMILES string of the molecule is Cc1nc(Nc2ccc(OCc3ccccc3)cc2)ccc1N. The number of aryl methyl sites for hydroxylation is 1. The summed E-state index contributed by atoms with van der Waals surface area (Å²) in [5.74, 6) is 1.61. The maximum atomic E-state index is 5.78. The predicted octanol–water partition coefficient (Wildman–Crippen LogP) is 4.29. The number of hydrogen-bond donors (Lipinski definition) is 2. The third kappa shape index (κ3) is 4.01. The highest BCUT2D eigenvalue weighted by atomic mass is 16.5. The van der Waals surface area contributed by atoms with E-state index in [0.29, 0.717) is 12.3 Å². The number of rotatable bonds is 5. The molecule has 0 aliphatic rings. The van der Waals surface area contributed by atoms with Gasteiger partial charge < -0.3 is 15.8 Å². The molecule has 0 amide bonds. The summed E-state index contributed by atoms with van der Waals surface area (Å²) in [6.07, 6.45) is 0. The minimum absolute atomic E-state index is 0.562. The molecule has 0 unspecified atom stereocenters. The standard InChI is InChI=1S/C19H19N3O/c1-14-18(20)11-12-19(21-14)22-16-7-9-17(10-8-16)23-13-15-5-3-2-4-6-15/h2-12H,13,20H2,1H3,(H,21,22). The molecule has 0 aliphatic heterocycles. The number of anilines is 3.